The molecule has 0 N–H and O–H groups in total. The molecule has 2 aromatic carbocycles. The minimum absolute atomic E-state index is 0.446. The van der Waals surface area contributed by atoms with E-state index in [1.54, 1.807) is 11.8 Å². The van der Waals surface area contributed by atoms with Crippen molar-refractivity contribution in [2.45, 2.75) is 32.1 Å². The summed E-state index contributed by atoms with van der Waals surface area (Å²) < 4.78 is 6.19. The fourth-order valence-corrected chi connectivity index (χ4v) is 4.00. The number of likely N-dealkylation sites (N-methyl/N-ethyl adjacent to an activating group) is 1. The molecule has 0 spiro atoms. The average Bonchev–Trinajstić information content (AvgIpc) is 2.73. The van der Waals surface area contributed by atoms with Crippen LogP contribution in [0.3, 0.4) is 0 Å². The molecule has 0 bridgehead atoms. The van der Waals surface area contributed by atoms with Gasteiger partial charge in [-0.15, -0.1) is 0 Å². The summed E-state index contributed by atoms with van der Waals surface area (Å²) in [5.74, 6) is 1.58. The zero-order valence-electron chi connectivity index (χ0n) is 16.6. The molecule has 0 unspecified atom stereocenters. The Morgan fingerprint density at radius 1 is 1.04 bits per heavy atom. The molecule has 0 heterocycles. The van der Waals surface area contributed by atoms with Gasteiger partial charge in [0.1, 0.15) is 17.9 Å². The van der Waals surface area contributed by atoms with E-state index in [-0.39, 0.29) is 0 Å². The van der Waals surface area contributed by atoms with Crippen molar-refractivity contribution in [3.05, 3.63) is 88.1 Å². The first-order valence-corrected chi connectivity index (χ1v) is 10.3. The molecule has 0 fully saturated rings. The second-order valence-corrected chi connectivity index (χ2v) is 7.66. The third-order valence-electron chi connectivity index (χ3n) is 4.62. The van der Waals surface area contributed by atoms with E-state index in [1.807, 2.05) is 30.3 Å². The van der Waals surface area contributed by atoms with Crippen molar-refractivity contribution in [1.29, 1.82) is 0 Å². The highest BCUT2D eigenvalue weighted by molar-refractivity contribution is 8.04. The first kappa shape index (κ1) is 20.0. The zero-order chi connectivity index (χ0) is 19.9. The van der Waals surface area contributed by atoms with Crippen molar-refractivity contribution in [3.63, 3.8) is 0 Å². The average molecular weight is 392 g/mol. The summed E-state index contributed by atoms with van der Waals surface area (Å²) in [7, 11) is 0. The molecule has 28 heavy (non-hydrogen) atoms. The maximum atomic E-state index is 9.65. The lowest BCUT2D eigenvalue weighted by molar-refractivity contribution is -0.00674. The van der Waals surface area contributed by atoms with E-state index in [0.29, 0.717) is 12.1 Å². The number of allylic oxidation sites excluding steroid dienone is 3. The molecule has 3 rings (SSSR count). The van der Waals surface area contributed by atoms with Gasteiger partial charge in [0, 0.05) is 18.0 Å². The van der Waals surface area contributed by atoms with Gasteiger partial charge >= 0.3 is 5.71 Å². The van der Waals surface area contributed by atoms with Gasteiger partial charge in [-0.05, 0) is 51.1 Å². The molecular formula is C23H25N3OS. The van der Waals surface area contributed by atoms with Crippen LogP contribution in [0.15, 0.2) is 81.9 Å². The van der Waals surface area contributed by atoms with Gasteiger partial charge in [0.05, 0.1) is 10.6 Å². The minimum Gasteiger partial charge on any atom is -0.459 e. The summed E-state index contributed by atoms with van der Waals surface area (Å²) in [6.45, 7) is 8.08. The third-order valence-corrected chi connectivity index (χ3v) is 5.71. The number of para-hydroxylation sites is 1. The lowest BCUT2D eigenvalue weighted by Gasteiger charge is -2.27. The van der Waals surface area contributed by atoms with E-state index < -0.39 is 0 Å². The van der Waals surface area contributed by atoms with Crippen LogP contribution >= 0.6 is 11.8 Å². The van der Waals surface area contributed by atoms with Crippen molar-refractivity contribution in [1.82, 2.24) is 4.90 Å². The van der Waals surface area contributed by atoms with Crippen LogP contribution in [0.2, 0.25) is 0 Å². The van der Waals surface area contributed by atoms with Crippen LogP contribution in [0.4, 0.5) is 0 Å². The van der Waals surface area contributed by atoms with Gasteiger partial charge in [0.25, 0.3) is 0 Å². The summed E-state index contributed by atoms with van der Waals surface area (Å²) >= 11 is 1.61. The molecule has 2 aromatic rings. The predicted molar refractivity (Wildman–Crippen MR) is 115 cm³/mol. The highest BCUT2D eigenvalue weighted by atomic mass is 32.2. The highest BCUT2D eigenvalue weighted by Gasteiger charge is 2.29. The van der Waals surface area contributed by atoms with Gasteiger partial charge < -0.3 is 15.2 Å². The number of benzene rings is 2. The predicted octanol–water partition coefficient (Wildman–Crippen LogP) is 5.68. The molecule has 0 atom stereocenters. The molecular weight excluding hydrogens is 366 g/mol. The molecule has 4 nitrogen and oxygen atoms in total. The van der Waals surface area contributed by atoms with Crippen molar-refractivity contribution < 1.29 is 9.53 Å². The Morgan fingerprint density at radius 2 is 1.71 bits per heavy atom. The lowest BCUT2D eigenvalue weighted by Crippen LogP contribution is -2.27. The number of ether oxygens (including phenoxy) is 1. The largest absolute Gasteiger partial charge is 0.459 e. The Morgan fingerprint density at radius 3 is 2.32 bits per heavy atom. The van der Waals surface area contributed by atoms with Crippen LogP contribution in [-0.4, -0.2) is 28.5 Å². The maximum absolute atomic E-state index is 9.65. The van der Waals surface area contributed by atoms with E-state index in [1.165, 1.54) is 5.56 Å². The van der Waals surface area contributed by atoms with E-state index in [2.05, 4.69) is 60.8 Å². The lowest BCUT2D eigenvalue weighted by atomic mass is 10.1. The summed E-state index contributed by atoms with van der Waals surface area (Å²) in [4.78, 5) is 7.89. The topological polar surface area (TPSA) is 48.9 Å². The van der Waals surface area contributed by atoms with Gasteiger partial charge in [-0.3, -0.25) is 0 Å². The molecule has 5 heteroatoms. The molecule has 0 aromatic heterocycles. The quantitative estimate of drug-likeness (QED) is 0.451. The molecule has 0 amide bonds. The van der Waals surface area contributed by atoms with Crippen LogP contribution in [0, 0.1) is 6.92 Å². The summed E-state index contributed by atoms with van der Waals surface area (Å²) in [6, 6.07) is 18.1. The Hall–Kier alpha value is -2.75. The number of nitrogens with zero attached hydrogens (tertiary/aromatic N) is 3. The Kier molecular flexibility index (Phi) is 6.75. The molecule has 0 radical (unpaired) electrons. The fourth-order valence-electron chi connectivity index (χ4n) is 3.08. The number of aryl methyl sites for hydroxylation is 1. The van der Waals surface area contributed by atoms with Crippen LogP contribution in [-0.2, 0) is 0 Å². The van der Waals surface area contributed by atoms with E-state index in [4.69, 9.17) is 4.74 Å². The summed E-state index contributed by atoms with van der Waals surface area (Å²) in [6.07, 6.45) is 2.52. The zero-order valence-corrected chi connectivity index (χ0v) is 17.4. The van der Waals surface area contributed by atoms with Crippen molar-refractivity contribution >= 4 is 17.5 Å². The number of hydrogen-bond donors (Lipinski definition) is 0. The SMILES string of the molecule is CCN(CC)C1=C(Oc2ccccc2)CC(=[N+]=[N-])C(Sc2ccc(C)cc2)=C1. The Balaban J connectivity index is 2.00. The fraction of sp³-hybridized carbons (Fsp3) is 0.261. The van der Waals surface area contributed by atoms with E-state index in [0.717, 1.165) is 40.1 Å². The van der Waals surface area contributed by atoms with Gasteiger partial charge in [-0.25, -0.2) is 0 Å². The van der Waals surface area contributed by atoms with Crippen molar-refractivity contribution in [2.75, 3.05) is 13.1 Å². The van der Waals surface area contributed by atoms with Crippen LogP contribution < -0.4 is 4.74 Å². The van der Waals surface area contributed by atoms with Crippen LogP contribution in [0.5, 0.6) is 5.75 Å². The summed E-state index contributed by atoms with van der Waals surface area (Å²) in [5.41, 5.74) is 12.5. The van der Waals surface area contributed by atoms with Gasteiger partial charge in [-0.2, -0.15) is 4.79 Å². The third kappa shape index (κ3) is 4.75. The monoisotopic (exact) mass is 391 g/mol. The normalized spacial score (nSPS) is 13.8. The molecule has 0 saturated carbocycles. The first-order chi connectivity index (χ1) is 13.6. The second-order valence-electron chi connectivity index (χ2n) is 6.54. The minimum atomic E-state index is 0.446. The number of hydrogen-bond acceptors (Lipinski definition) is 3. The van der Waals surface area contributed by atoms with Gasteiger partial charge in [-0.1, -0.05) is 47.7 Å². The molecule has 1 aliphatic carbocycles. The van der Waals surface area contributed by atoms with Crippen LogP contribution in [0.1, 0.15) is 25.8 Å². The van der Waals surface area contributed by atoms with Gasteiger partial charge in [0.15, 0.2) is 0 Å². The summed E-state index contributed by atoms with van der Waals surface area (Å²) in [5, 5.41) is 0. The standard InChI is InChI=1S/C23H25N3OS/c1-4-26(5-2)21-16-23(28-19-13-11-17(3)12-14-19)20(25-24)15-22(21)27-18-9-7-6-8-10-18/h6-14,16H,4-5,15H2,1-3H3. The van der Waals surface area contributed by atoms with Crippen LogP contribution in [0.25, 0.3) is 5.53 Å². The van der Waals surface area contributed by atoms with E-state index in [9.17, 15) is 5.53 Å². The van der Waals surface area contributed by atoms with Crippen molar-refractivity contribution in [2.24, 2.45) is 0 Å². The number of thioether (sulfide) groups is 1. The second kappa shape index (κ2) is 9.45. The maximum Gasteiger partial charge on any atom is 0.313 e. The molecule has 144 valence electrons. The van der Waals surface area contributed by atoms with Crippen molar-refractivity contribution in [3.8, 4) is 5.75 Å². The molecule has 0 aliphatic heterocycles. The highest BCUT2D eigenvalue weighted by Crippen LogP contribution is 2.35. The van der Waals surface area contributed by atoms with Gasteiger partial charge in [0.2, 0.25) is 0 Å². The molecule has 1 aliphatic rings. The first-order valence-electron chi connectivity index (χ1n) is 9.53. The smallest absolute Gasteiger partial charge is 0.313 e. The Labute approximate surface area is 171 Å². The number of rotatable bonds is 7. The Bertz CT molecular complexity index is 922. The molecule has 0 saturated heterocycles. The van der Waals surface area contributed by atoms with E-state index >= 15 is 0 Å².